The number of hydrogen-bond donors (Lipinski definition) is 2. The molecule has 2 atom stereocenters. The highest BCUT2D eigenvalue weighted by atomic mass is 16.6. The zero-order chi connectivity index (χ0) is 20.3. The van der Waals surface area contributed by atoms with Crippen LogP contribution in [0.2, 0.25) is 0 Å². The summed E-state index contributed by atoms with van der Waals surface area (Å²) in [6, 6.07) is 5.36. The van der Waals surface area contributed by atoms with Gasteiger partial charge in [-0.05, 0) is 51.8 Å². The molecule has 0 unspecified atom stereocenters. The number of aryl methyl sites for hydroxylation is 1. The molecule has 0 saturated carbocycles. The van der Waals surface area contributed by atoms with E-state index in [9.17, 15) is 9.59 Å². The third-order valence-electron chi connectivity index (χ3n) is 4.27. The van der Waals surface area contributed by atoms with E-state index >= 15 is 0 Å². The molecule has 2 heterocycles. The predicted molar refractivity (Wildman–Crippen MR) is 104 cm³/mol. The Hall–Kier alpha value is -2.61. The second-order valence-electron chi connectivity index (χ2n) is 7.84. The molecule has 28 heavy (non-hydrogen) atoms. The average Bonchev–Trinajstić information content (AvgIpc) is 3.24. The van der Waals surface area contributed by atoms with Crippen LogP contribution >= 0.6 is 0 Å². The van der Waals surface area contributed by atoms with Crippen molar-refractivity contribution in [3.63, 3.8) is 0 Å². The minimum atomic E-state index is -0.551. The number of ether oxygens (including phenoxy) is 2. The van der Waals surface area contributed by atoms with Gasteiger partial charge in [-0.3, -0.25) is 4.79 Å². The number of hydrogen-bond acceptors (Lipinski definition) is 6. The quantitative estimate of drug-likeness (QED) is 0.812. The van der Waals surface area contributed by atoms with Crippen LogP contribution in [0.15, 0.2) is 22.6 Å². The second kappa shape index (κ2) is 8.18. The molecule has 1 aliphatic heterocycles. The molecule has 0 aliphatic carbocycles. The van der Waals surface area contributed by atoms with E-state index in [0.717, 1.165) is 0 Å². The molecule has 8 heteroatoms. The molecule has 1 saturated heterocycles. The summed E-state index contributed by atoms with van der Waals surface area (Å²) >= 11 is 0. The summed E-state index contributed by atoms with van der Waals surface area (Å²) in [4.78, 5) is 28.6. The number of nitrogens with one attached hydrogen (secondary N) is 2. The zero-order valence-electron chi connectivity index (χ0n) is 16.7. The molecule has 1 aromatic heterocycles. The minimum Gasteiger partial charge on any atom is -0.444 e. The predicted octanol–water partition coefficient (Wildman–Crippen LogP) is 3.40. The van der Waals surface area contributed by atoms with Gasteiger partial charge >= 0.3 is 6.09 Å². The van der Waals surface area contributed by atoms with Crippen molar-refractivity contribution in [3.05, 3.63) is 24.1 Å². The lowest BCUT2D eigenvalue weighted by molar-refractivity contribution is -0.126. The van der Waals surface area contributed by atoms with Crippen molar-refractivity contribution in [1.29, 1.82) is 0 Å². The van der Waals surface area contributed by atoms with Crippen LogP contribution in [-0.4, -0.2) is 41.3 Å². The zero-order valence-corrected chi connectivity index (χ0v) is 16.7. The van der Waals surface area contributed by atoms with E-state index in [2.05, 4.69) is 15.6 Å². The Kier molecular flexibility index (Phi) is 5.88. The van der Waals surface area contributed by atoms with Gasteiger partial charge in [0.2, 0.25) is 0 Å². The average molecular weight is 389 g/mol. The van der Waals surface area contributed by atoms with Crippen molar-refractivity contribution in [2.45, 2.75) is 64.8 Å². The molecule has 1 aliphatic rings. The number of carbonyl (C=O) groups excluding carboxylic acids is 2. The maximum absolute atomic E-state index is 12.5. The van der Waals surface area contributed by atoms with Gasteiger partial charge < -0.3 is 24.5 Å². The van der Waals surface area contributed by atoms with Crippen LogP contribution in [-0.2, 0) is 20.7 Å². The Bertz CT molecular complexity index is 855. The summed E-state index contributed by atoms with van der Waals surface area (Å²) in [5.74, 6) is 0.455. The first-order valence-electron chi connectivity index (χ1n) is 9.56. The molecule has 8 nitrogen and oxygen atoms in total. The Labute approximate surface area is 164 Å². The fourth-order valence-corrected chi connectivity index (χ4v) is 2.99. The lowest BCUT2D eigenvalue weighted by Crippen LogP contribution is -2.37. The molecule has 0 bridgehead atoms. The maximum atomic E-state index is 12.5. The fraction of sp³-hybridized carbons (Fsp3) is 0.550. The summed E-state index contributed by atoms with van der Waals surface area (Å²) in [6.45, 7) is 7.69. The number of fused-ring (bicyclic) bond motifs is 1. The summed E-state index contributed by atoms with van der Waals surface area (Å²) in [5, 5.41) is 5.54. The van der Waals surface area contributed by atoms with Gasteiger partial charge in [0, 0.05) is 18.7 Å². The Morgan fingerprint density at radius 3 is 2.79 bits per heavy atom. The van der Waals surface area contributed by atoms with Gasteiger partial charge in [-0.25, -0.2) is 9.78 Å². The van der Waals surface area contributed by atoms with Crippen LogP contribution in [0.4, 0.5) is 10.5 Å². The largest absolute Gasteiger partial charge is 0.444 e. The van der Waals surface area contributed by atoms with Gasteiger partial charge in [0.1, 0.15) is 17.2 Å². The Morgan fingerprint density at radius 1 is 1.29 bits per heavy atom. The molecule has 0 spiro atoms. The van der Waals surface area contributed by atoms with Gasteiger partial charge in [-0.1, -0.05) is 6.92 Å². The van der Waals surface area contributed by atoms with Crippen molar-refractivity contribution >= 4 is 28.8 Å². The summed E-state index contributed by atoms with van der Waals surface area (Å²) in [7, 11) is 0. The molecule has 2 aromatic rings. The van der Waals surface area contributed by atoms with Crippen LogP contribution in [0.1, 0.15) is 46.4 Å². The summed E-state index contributed by atoms with van der Waals surface area (Å²) in [6.07, 6.45) is 0.745. The van der Waals surface area contributed by atoms with E-state index in [1.165, 1.54) is 0 Å². The van der Waals surface area contributed by atoms with Crippen LogP contribution in [0.25, 0.3) is 11.1 Å². The number of amides is 2. The minimum absolute atomic E-state index is 0.210. The third-order valence-corrected chi connectivity index (χ3v) is 4.27. The lowest BCUT2D eigenvalue weighted by Gasteiger charge is -2.20. The van der Waals surface area contributed by atoms with Crippen LogP contribution < -0.4 is 10.6 Å². The van der Waals surface area contributed by atoms with E-state index in [-0.39, 0.29) is 12.0 Å². The normalized spacial score (nSPS) is 19.6. The first-order chi connectivity index (χ1) is 13.2. The highest BCUT2D eigenvalue weighted by molar-refractivity contribution is 5.95. The van der Waals surface area contributed by atoms with Crippen LogP contribution in [0.5, 0.6) is 0 Å². The van der Waals surface area contributed by atoms with Crippen LogP contribution in [0, 0.1) is 0 Å². The topological polar surface area (TPSA) is 103 Å². The van der Waals surface area contributed by atoms with Crippen molar-refractivity contribution in [3.8, 4) is 0 Å². The standard InChI is InChI=1S/C20H27N3O5/c1-5-17-23-14-10-12(6-8-15(14)27-17)22-18(24)16-9-7-13(26-16)11-21-19(25)28-20(2,3)4/h6,8,10,13,16H,5,7,9,11H2,1-4H3,(H,21,25)(H,22,24)/t13-,16+/m0/s1. The molecule has 152 valence electrons. The molecule has 2 amide bonds. The summed E-state index contributed by atoms with van der Waals surface area (Å²) < 4.78 is 16.5. The highest BCUT2D eigenvalue weighted by Crippen LogP contribution is 2.23. The molecular formula is C20H27N3O5. The maximum Gasteiger partial charge on any atom is 0.407 e. The number of carbonyl (C=O) groups is 2. The van der Waals surface area contributed by atoms with Crippen molar-refractivity contribution in [1.82, 2.24) is 10.3 Å². The lowest BCUT2D eigenvalue weighted by atomic mass is 10.2. The number of benzene rings is 1. The van der Waals surface area contributed by atoms with Gasteiger partial charge in [-0.15, -0.1) is 0 Å². The third kappa shape index (κ3) is 5.22. The number of oxazole rings is 1. The number of anilines is 1. The van der Waals surface area contributed by atoms with Gasteiger partial charge in [0.05, 0.1) is 6.10 Å². The van der Waals surface area contributed by atoms with E-state index in [4.69, 9.17) is 13.9 Å². The van der Waals surface area contributed by atoms with E-state index in [1.54, 1.807) is 39.0 Å². The number of nitrogens with zero attached hydrogens (tertiary/aromatic N) is 1. The smallest absolute Gasteiger partial charge is 0.407 e. The van der Waals surface area contributed by atoms with Crippen molar-refractivity contribution in [2.75, 3.05) is 11.9 Å². The number of aromatic nitrogens is 1. The molecule has 1 fully saturated rings. The molecule has 0 radical (unpaired) electrons. The van der Waals surface area contributed by atoms with E-state index in [1.807, 2.05) is 6.92 Å². The second-order valence-corrected chi connectivity index (χ2v) is 7.84. The van der Waals surface area contributed by atoms with Crippen molar-refractivity contribution in [2.24, 2.45) is 0 Å². The first kappa shape index (κ1) is 20.1. The van der Waals surface area contributed by atoms with Gasteiger partial charge in [0.25, 0.3) is 5.91 Å². The van der Waals surface area contributed by atoms with Gasteiger partial charge in [-0.2, -0.15) is 0 Å². The molecule has 2 N–H and O–H groups in total. The van der Waals surface area contributed by atoms with Crippen LogP contribution in [0.3, 0.4) is 0 Å². The number of rotatable bonds is 5. The monoisotopic (exact) mass is 389 g/mol. The summed E-state index contributed by atoms with van der Waals surface area (Å²) in [5.41, 5.74) is 1.50. The van der Waals surface area contributed by atoms with E-state index in [0.29, 0.717) is 48.5 Å². The Balaban J connectivity index is 1.50. The van der Waals surface area contributed by atoms with E-state index < -0.39 is 17.8 Å². The van der Waals surface area contributed by atoms with Gasteiger partial charge in [0.15, 0.2) is 11.5 Å². The highest BCUT2D eigenvalue weighted by Gasteiger charge is 2.31. The molecule has 3 rings (SSSR count). The molecular weight excluding hydrogens is 362 g/mol. The Morgan fingerprint density at radius 2 is 2.07 bits per heavy atom. The van der Waals surface area contributed by atoms with Crippen molar-refractivity contribution < 1.29 is 23.5 Å². The first-order valence-corrected chi connectivity index (χ1v) is 9.56. The number of alkyl carbamates (subject to hydrolysis) is 1. The molecule has 1 aromatic carbocycles. The fourth-order valence-electron chi connectivity index (χ4n) is 2.99. The SMILES string of the molecule is CCc1nc2cc(NC(=O)[C@H]3CC[C@@H](CNC(=O)OC(C)(C)C)O3)ccc2o1.